The fraction of sp³-hybridized carbons (Fsp3) is 0.448. The van der Waals surface area contributed by atoms with E-state index in [1.54, 1.807) is 27.7 Å². The quantitative estimate of drug-likeness (QED) is 0.161. The second-order valence-electron chi connectivity index (χ2n) is 23.8. The maximum atomic E-state index is 2.70. The molecule has 5 aromatic carbocycles. The lowest BCUT2D eigenvalue weighted by Gasteiger charge is -2.46. The summed E-state index contributed by atoms with van der Waals surface area (Å²) in [5, 5.41) is 2.85. The summed E-state index contributed by atoms with van der Waals surface area (Å²) in [6.45, 7) is 32.1. The van der Waals surface area contributed by atoms with Crippen LogP contribution in [0.5, 0.6) is 0 Å². The highest BCUT2D eigenvalue weighted by atomic mass is 32.1. The lowest BCUT2D eigenvalue weighted by molar-refractivity contribution is 0.109. The Labute approximate surface area is 372 Å². The van der Waals surface area contributed by atoms with Gasteiger partial charge in [-0.05, 0) is 163 Å². The molecule has 0 bridgehead atoms. The molecule has 0 N–H and O–H groups in total. The van der Waals surface area contributed by atoms with Crippen molar-refractivity contribution in [2.24, 2.45) is 5.41 Å². The zero-order valence-electron chi connectivity index (χ0n) is 39.5. The predicted octanol–water partition coefficient (Wildman–Crippen LogP) is 14.5. The summed E-state index contributed by atoms with van der Waals surface area (Å²) in [6, 6.07) is 36.4. The highest BCUT2D eigenvalue weighted by molar-refractivity contribution is 7.26. The Hall–Kier alpha value is -4.08. The minimum Gasteiger partial charge on any atom is -0.303 e. The molecule has 0 amide bonds. The Morgan fingerprint density at radius 1 is 0.607 bits per heavy atom. The average Bonchev–Trinajstić information content (AvgIpc) is 3.69. The van der Waals surface area contributed by atoms with E-state index >= 15 is 0 Å². The summed E-state index contributed by atoms with van der Waals surface area (Å²) < 4.78 is 1.43. The van der Waals surface area contributed by atoms with Crippen molar-refractivity contribution in [3.63, 3.8) is 0 Å². The van der Waals surface area contributed by atoms with Crippen molar-refractivity contribution in [2.75, 3.05) is 4.90 Å². The summed E-state index contributed by atoms with van der Waals surface area (Å²) in [7, 11) is 0. The van der Waals surface area contributed by atoms with Crippen LogP contribution in [0.15, 0.2) is 91.0 Å². The van der Waals surface area contributed by atoms with Crippen molar-refractivity contribution in [3.8, 4) is 11.1 Å². The average molecular weight is 822 g/mol. The fourth-order valence-electron chi connectivity index (χ4n) is 12.5. The van der Waals surface area contributed by atoms with Crippen LogP contribution >= 0.6 is 11.3 Å². The molecule has 3 heteroatoms. The minimum atomic E-state index is 0.0204. The van der Waals surface area contributed by atoms with Crippen molar-refractivity contribution in [1.82, 2.24) is 0 Å². The Morgan fingerprint density at radius 2 is 1.25 bits per heavy atom. The molecule has 61 heavy (non-hydrogen) atoms. The van der Waals surface area contributed by atoms with Crippen LogP contribution in [0.2, 0.25) is 0 Å². The number of fused-ring (bicyclic) bond motifs is 8. The molecule has 0 spiro atoms. The van der Waals surface area contributed by atoms with Crippen LogP contribution in [0.3, 0.4) is 0 Å². The smallest absolute Gasteiger partial charge is 0.249 e. The lowest BCUT2D eigenvalue weighted by atomic mass is 9.33. The number of aryl methyl sites for hydroxylation is 1. The zero-order valence-corrected chi connectivity index (χ0v) is 40.4. The molecule has 2 unspecified atom stereocenters. The van der Waals surface area contributed by atoms with Gasteiger partial charge in [-0.2, -0.15) is 0 Å². The predicted molar refractivity (Wildman–Crippen MR) is 268 cm³/mol. The van der Waals surface area contributed by atoms with E-state index in [9.17, 15) is 0 Å². The van der Waals surface area contributed by atoms with E-state index in [2.05, 4.69) is 186 Å². The Morgan fingerprint density at radius 3 is 1.90 bits per heavy atom. The summed E-state index contributed by atoms with van der Waals surface area (Å²) >= 11 is 2.04. The molecule has 6 aromatic rings. The number of benzene rings is 5. The summed E-state index contributed by atoms with van der Waals surface area (Å²) in [5.74, 6) is 0. The second-order valence-corrected chi connectivity index (χ2v) is 24.8. The Kier molecular flexibility index (Phi) is 9.04. The molecule has 2 atom stereocenters. The normalized spacial score (nSPS) is 22.7. The maximum Gasteiger partial charge on any atom is 0.249 e. The van der Waals surface area contributed by atoms with Gasteiger partial charge in [-0.15, -0.1) is 11.3 Å². The van der Waals surface area contributed by atoms with Gasteiger partial charge in [0.1, 0.15) is 0 Å². The number of rotatable bonds is 3. The van der Waals surface area contributed by atoms with Gasteiger partial charge < -0.3 is 4.90 Å². The number of thiophene rings is 1. The number of hydrogen-bond acceptors (Lipinski definition) is 2. The molecule has 314 valence electrons. The van der Waals surface area contributed by atoms with E-state index in [0.717, 1.165) is 6.42 Å². The largest absolute Gasteiger partial charge is 0.303 e. The summed E-state index contributed by atoms with van der Waals surface area (Å²) in [5.41, 5.74) is 21.1. The molecule has 3 aliphatic carbocycles. The van der Waals surface area contributed by atoms with Gasteiger partial charge in [0.15, 0.2) is 0 Å². The standard InChI is InChI=1S/C58H68BNS/c1-36-29-38(37-19-15-14-16-20-37)30-48-50(36)59(47-32-40(54(5,6)7)31-44-43(47)35-57(12)25-17-18-26-58(44,57)13)51-42-33-45-46(56(10,11)28-27-55(45,8)9)34-49(42)61-52(51)60(48)41-23-21-39(22-24-41)53(2,3)4/h14-16,19-24,29-34H,17-18,25-28,35H2,1-13H3. The van der Waals surface area contributed by atoms with Gasteiger partial charge in [-0.3, -0.25) is 0 Å². The van der Waals surface area contributed by atoms with Gasteiger partial charge >= 0.3 is 0 Å². The van der Waals surface area contributed by atoms with Gasteiger partial charge in [0, 0.05) is 16.1 Å². The van der Waals surface area contributed by atoms with E-state index < -0.39 is 0 Å². The van der Waals surface area contributed by atoms with Crippen LogP contribution in [-0.2, 0) is 33.5 Å². The molecule has 1 nitrogen and oxygen atoms in total. The molecule has 1 aliphatic heterocycles. The molecule has 2 heterocycles. The summed E-state index contributed by atoms with van der Waals surface area (Å²) in [6.07, 6.45) is 8.86. The van der Waals surface area contributed by atoms with Crippen molar-refractivity contribution in [3.05, 3.63) is 130 Å². The van der Waals surface area contributed by atoms with E-state index in [0.29, 0.717) is 0 Å². The SMILES string of the molecule is Cc1cc(-c2ccccc2)cc2c1B(c1cc(C(C)(C)C)cc3c1CC1(C)CCCCC31C)c1c(sc3cc4c(cc13)C(C)(C)CCC4(C)C)N2c1ccc(C(C)(C)C)cc1. The Balaban J connectivity index is 1.35. The molecule has 0 radical (unpaired) electrons. The molecule has 4 aliphatic rings. The molecule has 10 rings (SSSR count). The van der Waals surface area contributed by atoms with Crippen LogP contribution in [0.1, 0.15) is 161 Å². The lowest BCUT2D eigenvalue weighted by Crippen LogP contribution is -2.59. The van der Waals surface area contributed by atoms with Crippen LogP contribution in [0, 0.1) is 12.3 Å². The number of anilines is 3. The highest BCUT2D eigenvalue weighted by Gasteiger charge is 2.55. The topological polar surface area (TPSA) is 3.24 Å². The van der Waals surface area contributed by atoms with E-state index in [4.69, 9.17) is 0 Å². The fourth-order valence-corrected chi connectivity index (χ4v) is 13.8. The van der Waals surface area contributed by atoms with Gasteiger partial charge in [0.25, 0.3) is 0 Å². The monoisotopic (exact) mass is 822 g/mol. The zero-order chi connectivity index (χ0) is 43.2. The van der Waals surface area contributed by atoms with Crippen molar-refractivity contribution < 1.29 is 0 Å². The molecule has 1 saturated carbocycles. The third-order valence-electron chi connectivity index (χ3n) is 16.8. The van der Waals surface area contributed by atoms with Gasteiger partial charge in [0.2, 0.25) is 6.71 Å². The third kappa shape index (κ3) is 6.20. The minimum absolute atomic E-state index is 0.0204. The van der Waals surface area contributed by atoms with Gasteiger partial charge in [-0.25, -0.2) is 0 Å². The molecule has 0 saturated heterocycles. The van der Waals surface area contributed by atoms with Crippen molar-refractivity contribution >= 4 is 60.9 Å². The van der Waals surface area contributed by atoms with Gasteiger partial charge in [-0.1, -0.05) is 168 Å². The van der Waals surface area contributed by atoms with Crippen molar-refractivity contribution in [1.29, 1.82) is 0 Å². The first-order chi connectivity index (χ1) is 28.6. The molecule has 1 aromatic heterocycles. The maximum absolute atomic E-state index is 2.70. The number of hydrogen-bond donors (Lipinski definition) is 0. The summed E-state index contributed by atoms with van der Waals surface area (Å²) in [4.78, 5) is 2.68. The highest BCUT2D eigenvalue weighted by Crippen LogP contribution is 2.60. The van der Waals surface area contributed by atoms with Crippen LogP contribution in [0.4, 0.5) is 16.4 Å². The van der Waals surface area contributed by atoms with Crippen molar-refractivity contribution in [2.45, 2.75) is 162 Å². The first-order valence-electron chi connectivity index (χ1n) is 23.5. The van der Waals surface area contributed by atoms with Crippen LogP contribution < -0.4 is 21.3 Å². The van der Waals surface area contributed by atoms with E-state index in [1.807, 2.05) is 11.3 Å². The number of nitrogens with zero attached hydrogens (tertiary/aromatic N) is 1. The van der Waals surface area contributed by atoms with Crippen LogP contribution in [0.25, 0.3) is 21.2 Å². The molecule has 1 fully saturated rings. The first-order valence-corrected chi connectivity index (χ1v) is 24.3. The second kappa shape index (κ2) is 13.5. The van der Waals surface area contributed by atoms with Crippen LogP contribution in [-0.4, -0.2) is 6.71 Å². The van der Waals surface area contributed by atoms with E-state index in [1.165, 1.54) is 104 Å². The van der Waals surface area contributed by atoms with Gasteiger partial charge in [0.05, 0.1) is 5.00 Å². The Bertz CT molecular complexity index is 2730. The third-order valence-corrected chi connectivity index (χ3v) is 17.9. The van der Waals surface area contributed by atoms with E-state index in [-0.39, 0.29) is 39.2 Å². The molecular weight excluding hydrogens is 754 g/mol. The first kappa shape index (κ1) is 41.0. The molecular formula is C58H68BNS.